The van der Waals surface area contributed by atoms with E-state index in [1.807, 2.05) is 61.2 Å². The predicted molar refractivity (Wildman–Crippen MR) is 126 cm³/mol. The van der Waals surface area contributed by atoms with E-state index in [2.05, 4.69) is 9.97 Å². The molecule has 33 heavy (non-hydrogen) atoms. The molecule has 3 heterocycles. The quantitative estimate of drug-likeness (QED) is 0.460. The van der Waals surface area contributed by atoms with Crippen LogP contribution in [0.25, 0.3) is 22.0 Å². The lowest BCUT2D eigenvalue weighted by molar-refractivity contribution is -0.0835. The first-order valence-corrected chi connectivity index (χ1v) is 11.4. The number of ether oxygens (including phenoxy) is 1. The molecule has 1 atom stereocenters. The number of fused-ring (bicyclic) bond motifs is 2. The fourth-order valence-electron chi connectivity index (χ4n) is 4.57. The highest BCUT2D eigenvalue weighted by Crippen LogP contribution is 2.33. The molecule has 0 spiro atoms. The van der Waals surface area contributed by atoms with Crippen molar-refractivity contribution in [3.63, 3.8) is 0 Å². The summed E-state index contributed by atoms with van der Waals surface area (Å²) in [6.45, 7) is 5.46. The summed E-state index contributed by atoms with van der Waals surface area (Å²) >= 11 is 0. The molecule has 4 aromatic rings. The van der Waals surface area contributed by atoms with Crippen LogP contribution in [0.15, 0.2) is 53.1 Å². The maximum atomic E-state index is 11.2. The number of furan rings is 1. The lowest BCUT2D eigenvalue weighted by Gasteiger charge is -2.39. The van der Waals surface area contributed by atoms with E-state index in [0.717, 1.165) is 39.1 Å². The number of hydrogen-bond donors (Lipinski definition) is 2. The summed E-state index contributed by atoms with van der Waals surface area (Å²) in [6.07, 6.45) is 2.49. The van der Waals surface area contributed by atoms with Gasteiger partial charge in [-0.3, -0.25) is 9.88 Å². The second kappa shape index (κ2) is 8.74. The second-order valence-electron chi connectivity index (χ2n) is 8.96. The van der Waals surface area contributed by atoms with Gasteiger partial charge < -0.3 is 19.4 Å². The predicted octanol–water partition coefficient (Wildman–Crippen LogP) is 4.06. The fourth-order valence-corrected chi connectivity index (χ4v) is 4.57. The number of aryl methyl sites for hydroxylation is 2. The average molecular weight is 448 g/mol. The Hall–Kier alpha value is -3.00. The highest BCUT2D eigenvalue weighted by Gasteiger charge is 2.37. The molecule has 0 radical (unpaired) electrons. The fraction of sp³-hybridized carbons (Fsp3) is 0.385. The van der Waals surface area contributed by atoms with E-state index in [1.165, 1.54) is 0 Å². The molecule has 5 rings (SSSR count). The average Bonchev–Trinajstić information content (AvgIpc) is 3.19. The maximum Gasteiger partial charge on any atom is 0.138 e. The molecule has 0 saturated carbocycles. The smallest absolute Gasteiger partial charge is 0.138 e. The van der Waals surface area contributed by atoms with Crippen molar-refractivity contribution in [2.24, 2.45) is 0 Å². The van der Waals surface area contributed by atoms with Crippen LogP contribution < -0.4 is 4.74 Å². The van der Waals surface area contributed by atoms with Gasteiger partial charge in [-0.15, -0.1) is 0 Å². The van der Waals surface area contributed by atoms with Gasteiger partial charge in [0.2, 0.25) is 0 Å². The van der Waals surface area contributed by atoms with Crippen molar-refractivity contribution >= 4 is 22.0 Å². The second-order valence-corrected chi connectivity index (χ2v) is 8.96. The number of rotatable bonds is 6. The largest absolute Gasteiger partial charge is 0.493 e. The van der Waals surface area contributed by atoms with Gasteiger partial charge in [0.05, 0.1) is 34.9 Å². The molecule has 0 amide bonds. The molecular formula is C26H29N3O4. The van der Waals surface area contributed by atoms with Crippen LogP contribution >= 0.6 is 0 Å². The van der Waals surface area contributed by atoms with Crippen molar-refractivity contribution < 1.29 is 19.4 Å². The Morgan fingerprint density at radius 2 is 1.88 bits per heavy atom. The molecule has 2 aromatic heterocycles. The molecule has 2 aromatic carbocycles. The number of aliphatic hydroxyl groups excluding tert-OH is 1. The van der Waals surface area contributed by atoms with Gasteiger partial charge in [-0.1, -0.05) is 12.1 Å². The lowest BCUT2D eigenvalue weighted by atomic mass is 9.88. The number of para-hydroxylation sites is 2. The number of benzene rings is 2. The highest BCUT2D eigenvalue weighted by molar-refractivity contribution is 5.85. The number of nitrogens with zero attached hydrogens (tertiary/aromatic N) is 3. The Kier molecular flexibility index (Phi) is 5.78. The zero-order valence-corrected chi connectivity index (χ0v) is 19.0. The Labute approximate surface area is 192 Å². The van der Waals surface area contributed by atoms with E-state index < -0.39 is 11.8 Å². The van der Waals surface area contributed by atoms with Crippen LogP contribution in [0.4, 0.5) is 0 Å². The molecular weight excluding hydrogens is 418 g/mol. The minimum absolute atomic E-state index is 0.390. The lowest BCUT2D eigenvalue weighted by Crippen LogP contribution is -2.47. The molecule has 7 nitrogen and oxygen atoms in total. The topological polar surface area (TPSA) is 91.9 Å². The van der Waals surface area contributed by atoms with Crippen LogP contribution in [0, 0.1) is 13.8 Å². The summed E-state index contributed by atoms with van der Waals surface area (Å²) in [6, 6.07) is 13.6. The standard InChI is InChI=1S/C26H29N3O4/c1-17-13-22(19-15-18(2)33-23(19)14-17)32-12-7-25(30)29-10-8-26(31,9-11-29)24-16-27-20-5-3-4-6-21(20)28-24/h3-6,13-16,25,30-31H,7-12H2,1-2H3/t25-/m1/s1. The number of aliphatic hydroxyl groups is 2. The summed E-state index contributed by atoms with van der Waals surface area (Å²) in [4.78, 5) is 11.1. The van der Waals surface area contributed by atoms with Crippen molar-refractivity contribution in [2.75, 3.05) is 19.7 Å². The Bertz CT molecular complexity index is 1280. The minimum atomic E-state index is -1.03. The molecule has 1 saturated heterocycles. The van der Waals surface area contributed by atoms with E-state index in [4.69, 9.17) is 9.15 Å². The first kappa shape index (κ1) is 21.8. The van der Waals surface area contributed by atoms with Crippen LogP contribution in [0.1, 0.15) is 36.3 Å². The van der Waals surface area contributed by atoms with Crippen molar-refractivity contribution in [1.82, 2.24) is 14.9 Å². The van der Waals surface area contributed by atoms with Crippen molar-refractivity contribution in [2.45, 2.75) is 44.9 Å². The molecule has 172 valence electrons. The van der Waals surface area contributed by atoms with Crippen LogP contribution in [0.2, 0.25) is 0 Å². The van der Waals surface area contributed by atoms with Gasteiger partial charge in [0.25, 0.3) is 0 Å². The normalized spacial score (nSPS) is 17.5. The first-order chi connectivity index (χ1) is 15.9. The zero-order chi connectivity index (χ0) is 23.0. The molecule has 1 aliphatic rings. The number of aromatic nitrogens is 2. The third-order valence-electron chi connectivity index (χ3n) is 6.47. The molecule has 0 aliphatic carbocycles. The summed E-state index contributed by atoms with van der Waals surface area (Å²) in [5, 5.41) is 22.9. The van der Waals surface area contributed by atoms with Crippen LogP contribution in [-0.2, 0) is 5.60 Å². The Balaban J connectivity index is 1.18. The summed E-state index contributed by atoms with van der Waals surface area (Å²) < 4.78 is 11.7. The molecule has 7 heteroatoms. The van der Waals surface area contributed by atoms with Crippen LogP contribution in [0.5, 0.6) is 5.75 Å². The van der Waals surface area contributed by atoms with Gasteiger partial charge in [-0.25, -0.2) is 4.98 Å². The van der Waals surface area contributed by atoms with Gasteiger partial charge >= 0.3 is 0 Å². The van der Waals surface area contributed by atoms with E-state index in [-0.39, 0.29) is 0 Å². The van der Waals surface area contributed by atoms with Crippen molar-refractivity contribution in [3.05, 3.63) is 65.7 Å². The highest BCUT2D eigenvalue weighted by atomic mass is 16.5. The monoisotopic (exact) mass is 447 g/mol. The molecule has 1 fully saturated rings. The number of hydrogen-bond acceptors (Lipinski definition) is 7. The molecule has 2 N–H and O–H groups in total. The Morgan fingerprint density at radius 3 is 2.67 bits per heavy atom. The summed E-state index contributed by atoms with van der Waals surface area (Å²) in [5.74, 6) is 1.62. The van der Waals surface area contributed by atoms with Gasteiger partial charge in [-0.2, -0.15) is 0 Å². The van der Waals surface area contributed by atoms with E-state index >= 15 is 0 Å². The minimum Gasteiger partial charge on any atom is -0.493 e. The van der Waals surface area contributed by atoms with E-state index in [9.17, 15) is 10.2 Å². The summed E-state index contributed by atoms with van der Waals surface area (Å²) in [5.41, 5.74) is 3.04. The molecule has 0 bridgehead atoms. The zero-order valence-electron chi connectivity index (χ0n) is 19.0. The van der Waals surface area contributed by atoms with Crippen molar-refractivity contribution in [1.29, 1.82) is 0 Å². The van der Waals surface area contributed by atoms with Gasteiger partial charge in [0.1, 0.15) is 28.9 Å². The van der Waals surface area contributed by atoms with E-state index in [1.54, 1.807) is 6.20 Å². The third kappa shape index (κ3) is 4.44. The molecule has 0 unspecified atom stereocenters. The van der Waals surface area contributed by atoms with Crippen LogP contribution in [0.3, 0.4) is 0 Å². The Morgan fingerprint density at radius 1 is 1.12 bits per heavy atom. The first-order valence-electron chi connectivity index (χ1n) is 11.4. The third-order valence-corrected chi connectivity index (χ3v) is 6.47. The van der Waals surface area contributed by atoms with Crippen LogP contribution in [-0.4, -0.2) is 51.0 Å². The molecule has 1 aliphatic heterocycles. The maximum absolute atomic E-state index is 11.2. The van der Waals surface area contributed by atoms with Gasteiger partial charge in [0, 0.05) is 19.5 Å². The van der Waals surface area contributed by atoms with Gasteiger partial charge in [0.15, 0.2) is 0 Å². The SMILES string of the molecule is Cc1cc(OCC[C@@H](O)N2CCC(O)(c3cnc4ccccc4n3)CC2)c2cc(C)oc2c1. The summed E-state index contributed by atoms with van der Waals surface area (Å²) in [7, 11) is 0. The number of piperidine rings is 1. The van der Waals surface area contributed by atoms with Crippen molar-refractivity contribution in [3.8, 4) is 5.75 Å². The van der Waals surface area contributed by atoms with E-state index in [0.29, 0.717) is 44.7 Å². The van der Waals surface area contributed by atoms with Gasteiger partial charge in [-0.05, 0) is 62.6 Å². The number of likely N-dealkylation sites (tertiary alicyclic amines) is 1.